The molecule has 7 heteroatoms. The first-order chi connectivity index (χ1) is 9.08. The minimum absolute atomic E-state index is 0.133. The second-order valence-corrected chi connectivity index (χ2v) is 4.59. The summed E-state index contributed by atoms with van der Waals surface area (Å²) < 4.78 is 12.3. The molecule has 2 aromatic heterocycles. The Bertz CT molecular complexity index is 534. The Morgan fingerprint density at radius 1 is 1.42 bits per heavy atom. The standard InChI is InChI=1S/C12H19N5O2/c1-8-5-10(3)17(16-8)6-9(2)13-12-15-14-11(19-12)7-18-4/h5,9H,6-7H2,1-4H3,(H,13,15). The molecule has 2 aromatic rings. The van der Waals surface area contributed by atoms with E-state index in [0.717, 1.165) is 17.9 Å². The minimum atomic E-state index is 0.133. The molecule has 0 fully saturated rings. The van der Waals surface area contributed by atoms with E-state index in [2.05, 4.69) is 26.7 Å². The van der Waals surface area contributed by atoms with E-state index in [1.165, 1.54) is 0 Å². The van der Waals surface area contributed by atoms with Gasteiger partial charge in [0.25, 0.3) is 0 Å². The number of anilines is 1. The highest BCUT2D eigenvalue weighted by Gasteiger charge is 2.11. The van der Waals surface area contributed by atoms with E-state index in [1.807, 2.05) is 25.5 Å². The lowest BCUT2D eigenvalue weighted by Gasteiger charge is -2.12. The normalized spacial score (nSPS) is 12.6. The van der Waals surface area contributed by atoms with Crippen LogP contribution in [0.2, 0.25) is 0 Å². The molecule has 0 spiro atoms. The Kier molecular flexibility index (Phi) is 4.16. The number of methoxy groups -OCH3 is 1. The number of hydrogen-bond donors (Lipinski definition) is 1. The van der Waals surface area contributed by atoms with Crippen LogP contribution in [0.25, 0.3) is 0 Å². The second kappa shape index (κ2) is 5.83. The van der Waals surface area contributed by atoms with Crippen molar-refractivity contribution in [3.8, 4) is 0 Å². The van der Waals surface area contributed by atoms with Gasteiger partial charge in [-0.15, -0.1) is 5.10 Å². The molecule has 1 unspecified atom stereocenters. The molecule has 0 aliphatic carbocycles. The molecule has 104 valence electrons. The Morgan fingerprint density at radius 2 is 2.21 bits per heavy atom. The molecule has 0 amide bonds. The summed E-state index contributed by atoms with van der Waals surface area (Å²) in [5.41, 5.74) is 2.15. The van der Waals surface area contributed by atoms with Gasteiger partial charge in [0.1, 0.15) is 6.61 Å². The van der Waals surface area contributed by atoms with E-state index in [1.54, 1.807) is 7.11 Å². The average Bonchev–Trinajstić information content (AvgIpc) is 2.87. The fourth-order valence-corrected chi connectivity index (χ4v) is 1.87. The van der Waals surface area contributed by atoms with Crippen molar-refractivity contribution in [2.75, 3.05) is 12.4 Å². The third-order valence-electron chi connectivity index (χ3n) is 2.65. The summed E-state index contributed by atoms with van der Waals surface area (Å²) >= 11 is 0. The van der Waals surface area contributed by atoms with Gasteiger partial charge in [-0.25, -0.2) is 0 Å². The monoisotopic (exact) mass is 265 g/mol. The van der Waals surface area contributed by atoms with Gasteiger partial charge in [-0.1, -0.05) is 5.10 Å². The highest BCUT2D eigenvalue weighted by molar-refractivity contribution is 5.19. The van der Waals surface area contributed by atoms with Gasteiger partial charge in [0.15, 0.2) is 0 Å². The smallest absolute Gasteiger partial charge is 0.315 e. The van der Waals surface area contributed by atoms with E-state index in [4.69, 9.17) is 9.15 Å². The quantitative estimate of drug-likeness (QED) is 0.853. The lowest BCUT2D eigenvalue weighted by molar-refractivity contribution is 0.160. The molecule has 1 atom stereocenters. The lowest BCUT2D eigenvalue weighted by Crippen LogP contribution is -2.23. The highest BCUT2D eigenvalue weighted by atomic mass is 16.5. The maximum absolute atomic E-state index is 5.38. The molecule has 0 radical (unpaired) electrons. The van der Waals surface area contributed by atoms with Crippen molar-refractivity contribution in [1.82, 2.24) is 20.0 Å². The van der Waals surface area contributed by atoms with Crippen molar-refractivity contribution in [1.29, 1.82) is 0 Å². The zero-order valence-electron chi connectivity index (χ0n) is 11.7. The van der Waals surface area contributed by atoms with Crippen molar-refractivity contribution in [2.45, 2.75) is 40.0 Å². The molecule has 0 bridgehead atoms. The first-order valence-corrected chi connectivity index (χ1v) is 6.17. The number of nitrogens with one attached hydrogen (secondary N) is 1. The first kappa shape index (κ1) is 13.5. The summed E-state index contributed by atoms with van der Waals surface area (Å²) in [6.07, 6.45) is 0. The van der Waals surface area contributed by atoms with E-state index in [-0.39, 0.29) is 6.04 Å². The van der Waals surface area contributed by atoms with Gasteiger partial charge in [0, 0.05) is 18.8 Å². The van der Waals surface area contributed by atoms with Crippen molar-refractivity contribution in [2.24, 2.45) is 0 Å². The van der Waals surface area contributed by atoms with Crippen molar-refractivity contribution >= 4 is 6.01 Å². The Labute approximate surface area is 112 Å². The molecule has 2 heterocycles. The predicted octanol–water partition coefficient (Wildman–Crippen LogP) is 1.53. The van der Waals surface area contributed by atoms with E-state index in [0.29, 0.717) is 18.5 Å². The van der Waals surface area contributed by atoms with Crippen LogP contribution in [0.15, 0.2) is 10.5 Å². The van der Waals surface area contributed by atoms with Gasteiger partial charge in [-0.05, 0) is 26.8 Å². The van der Waals surface area contributed by atoms with Gasteiger partial charge >= 0.3 is 6.01 Å². The summed E-state index contributed by atoms with van der Waals surface area (Å²) in [6.45, 7) is 7.12. The third-order valence-corrected chi connectivity index (χ3v) is 2.65. The number of aromatic nitrogens is 4. The minimum Gasteiger partial charge on any atom is -0.406 e. The summed E-state index contributed by atoms with van der Waals surface area (Å²) in [5, 5.41) is 15.3. The van der Waals surface area contributed by atoms with Gasteiger partial charge in [0.05, 0.1) is 12.2 Å². The lowest BCUT2D eigenvalue weighted by atomic mass is 10.3. The van der Waals surface area contributed by atoms with Crippen LogP contribution in [-0.4, -0.2) is 33.1 Å². The van der Waals surface area contributed by atoms with E-state index in [9.17, 15) is 0 Å². The number of hydrogen-bond acceptors (Lipinski definition) is 6. The van der Waals surface area contributed by atoms with Crippen LogP contribution in [-0.2, 0) is 17.9 Å². The SMILES string of the molecule is COCc1nnc(NC(C)Cn2nc(C)cc2C)o1. The maximum Gasteiger partial charge on any atom is 0.315 e. The molecule has 0 saturated heterocycles. The predicted molar refractivity (Wildman–Crippen MR) is 69.8 cm³/mol. The molecular formula is C12H19N5O2. The van der Waals surface area contributed by atoms with Crippen LogP contribution in [0.5, 0.6) is 0 Å². The summed E-state index contributed by atoms with van der Waals surface area (Å²) in [7, 11) is 1.59. The van der Waals surface area contributed by atoms with Crippen molar-refractivity contribution in [3.05, 3.63) is 23.3 Å². The van der Waals surface area contributed by atoms with E-state index < -0.39 is 0 Å². The molecule has 1 N–H and O–H groups in total. The van der Waals surface area contributed by atoms with Crippen LogP contribution >= 0.6 is 0 Å². The number of rotatable bonds is 6. The van der Waals surface area contributed by atoms with Crippen LogP contribution < -0.4 is 5.32 Å². The third kappa shape index (κ3) is 3.54. The Balaban J connectivity index is 1.93. The van der Waals surface area contributed by atoms with Gasteiger partial charge in [-0.2, -0.15) is 5.10 Å². The summed E-state index contributed by atoms with van der Waals surface area (Å²) in [4.78, 5) is 0. The Morgan fingerprint density at radius 3 is 2.84 bits per heavy atom. The van der Waals surface area contributed by atoms with Crippen LogP contribution in [0.3, 0.4) is 0 Å². The molecule has 0 aliphatic rings. The zero-order valence-corrected chi connectivity index (χ0v) is 11.7. The summed E-state index contributed by atoms with van der Waals surface area (Å²) in [5.74, 6) is 0.461. The number of nitrogens with zero attached hydrogens (tertiary/aromatic N) is 4. The topological polar surface area (TPSA) is 78.0 Å². The van der Waals surface area contributed by atoms with Gasteiger partial charge < -0.3 is 14.5 Å². The fourth-order valence-electron chi connectivity index (χ4n) is 1.87. The molecule has 19 heavy (non-hydrogen) atoms. The largest absolute Gasteiger partial charge is 0.406 e. The molecule has 0 aliphatic heterocycles. The molecule has 7 nitrogen and oxygen atoms in total. The molecular weight excluding hydrogens is 246 g/mol. The highest BCUT2D eigenvalue weighted by Crippen LogP contribution is 2.09. The summed E-state index contributed by atoms with van der Waals surface area (Å²) in [6, 6.07) is 2.59. The molecule has 0 saturated carbocycles. The van der Waals surface area contributed by atoms with Crippen LogP contribution in [0.4, 0.5) is 6.01 Å². The average molecular weight is 265 g/mol. The number of aryl methyl sites for hydroxylation is 2. The zero-order chi connectivity index (χ0) is 13.8. The fraction of sp³-hybridized carbons (Fsp3) is 0.583. The van der Waals surface area contributed by atoms with Gasteiger partial charge in [0.2, 0.25) is 5.89 Å². The van der Waals surface area contributed by atoms with Gasteiger partial charge in [-0.3, -0.25) is 4.68 Å². The molecule has 2 rings (SSSR count). The molecule has 0 aromatic carbocycles. The first-order valence-electron chi connectivity index (χ1n) is 6.17. The van der Waals surface area contributed by atoms with Crippen LogP contribution in [0.1, 0.15) is 24.2 Å². The van der Waals surface area contributed by atoms with Crippen molar-refractivity contribution in [3.63, 3.8) is 0 Å². The maximum atomic E-state index is 5.38. The second-order valence-electron chi connectivity index (χ2n) is 4.59. The number of ether oxygens (including phenoxy) is 1. The Hall–Kier alpha value is -1.89. The van der Waals surface area contributed by atoms with E-state index >= 15 is 0 Å². The van der Waals surface area contributed by atoms with Crippen molar-refractivity contribution < 1.29 is 9.15 Å². The van der Waals surface area contributed by atoms with Crippen LogP contribution in [0, 0.1) is 13.8 Å².